The van der Waals surface area contributed by atoms with Crippen molar-refractivity contribution in [3.8, 4) is 0 Å². The molecular weight excluding hydrogens is 256 g/mol. The number of carbonyl (C=O) groups excluding carboxylic acids is 1. The molecule has 0 radical (unpaired) electrons. The van der Waals surface area contributed by atoms with E-state index in [2.05, 4.69) is 4.98 Å². The lowest BCUT2D eigenvalue weighted by Gasteiger charge is -2.12. The zero-order valence-electron chi connectivity index (χ0n) is 9.68. The van der Waals surface area contributed by atoms with E-state index in [0.717, 1.165) is 4.57 Å². The average Bonchev–Trinajstić information content (AvgIpc) is 2.66. The van der Waals surface area contributed by atoms with Crippen LogP contribution < -0.4 is 17.2 Å². The van der Waals surface area contributed by atoms with Gasteiger partial charge in [0, 0.05) is 6.20 Å². The largest absolute Gasteiger partial charge is 0.469 e. The van der Waals surface area contributed by atoms with E-state index >= 15 is 0 Å². The van der Waals surface area contributed by atoms with Crippen LogP contribution in [0.4, 0.5) is 5.82 Å². The summed E-state index contributed by atoms with van der Waals surface area (Å²) in [5, 5.41) is 18.8. The molecule has 1 aromatic rings. The third-order valence-corrected chi connectivity index (χ3v) is 2.63. The van der Waals surface area contributed by atoms with Crippen molar-refractivity contribution in [2.45, 2.75) is 12.2 Å². The van der Waals surface area contributed by atoms with E-state index < -0.39 is 30.4 Å². The quantitative estimate of drug-likeness (QED) is 0.462. The van der Waals surface area contributed by atoms with Gasteiger partial charge in [-0.25, -0.2) is 9.36 Å². The van der Waals surface area contributed by atoms with Gasteiger partial charge in [0.25, 0.3) is 5.91 Å². The van der Waals surface area contributed by atoms with E-state index in [1.165, 1.54) is 12.3 Å². The second-order valence-electron chi connectivity index (χ2n) is 3.87. The highest BCUT2D eigenvalue weighted by atomic mass is 16.5. The maximum atomic E-state index is 11.7. The Morgan fingerprint density at radius 2 is 2.26 bits per heavy atom. The molecule has 1 aliphatic rings. The number of nitrogens with two attached hydrogens (primary N) is 2. The molecule has 102 valence electrons. The first-order chi connectivity index (χ1) is 8.95. The van der Waals surface area contributed by atoms with Crippen LogP contribution in [-0.4, -0.2) is 44.5 Å². The fourth-order valence-corrected chi connectivity index (χ4v) is 1.73. The molecule has 19 heavy (non-hydrogen) atoms. The number of rotatable bonds is 3. The summed E-state index contributed by atoms with van der Waals surface area (Å²) in [6, 6.07) is 1.31. The van der Waals surface area contributed by atoms with Crippen LogP contribution in [0.1, 0.15) is 0 Å². The summed E-state index contributed by atoms with van der Waals surface area (Å²) in [7, 11) is 0. The molecule has 1 amide bonds. The number of ether oxygens (including phenoxy) is 1. The van der Waals surface area contributed by atoms with Crippen molar-refractivity contribution in [3.05, 3.63) is 28.3 Å². The number of anilines is 1. The van der Waals surface area contributed by atoms with Gasteiger partial charge in [-0.2, -0.15) is 4.98 Å². The monoisotopic (exact) mass is 268 g/mol. The number of aliphatic hydroxyl groups excluding tert-OH is 2. The van der Waals surface area contributed by atoms with Crippen LogP contribution in [0.3, 0.4) is 0 Å². The molecule has 1 aromatic heterocycles. The second-order valence-corrected chi connectivity index (χ2v) is 3.87. The van der Waals surface area contributed by atoms with Gasteiger partial charge in [-0.1, -0.05) is 0 Å². The molecule has 0 aliphatic carbocycles. The number of nitrogen functional groups attached to an aromatic ring is 1. The van der Waals surface area contributed by atoms with Crippen molar-refractivity contribution < 1.29 is 19.7 Å². The first-order valence-electron chi connectivity index (χ1n) is 5.30. The molecule has 1 aliphatic heterocycles. The van der Waals surface area contributed by atoms with Gasteiger partial charge < -0.3 is 26.4 Å². The van der Waals surface area contributed by atoms with E-state index in [1.54, 1.807) is 0 Å². The Kier molecular flexibility index (Phi) is 3.23. The maximum absolute atomic E-state index is 11.7. The molecule has 0 unspecified atom stereocenters. The van der Waals surface area contributed by atoms with Crippen LogP contribution >= 0.6 is 0 Å². The summed E-state index contributed by atoms with van der Waals surface area (Å²) in [6.45, 7) is -0.543. The minimum absolute atomic E-state index is 0.000251. The number of hydrogen-bond donors (Lipinski definition) is 4. The number of primary amides is 1. The fourth-order valence-electron chi connectivity index (χ4n) is 1.73. The van der Waals surface area contributed by atoms with Crippen LogP contribution in [0.15, 0.2) is 22.6 Å². The van der Waals surface area contributed by atoms with E-state index in [-0.39, 0.29) is 17.3 Å². The first-order valence-corrected chi connectivity index (χ1v) is 5.30. The van der Waals surface area contributed by atoms with Crippen molar-refractivity contribution >= 4 is 17.6 Å². The fraction of sp³-hybridized carbons (Fsp3) is 0.300. The lowest BCUT2D eigenvalue weighted by atomic mass is 10.1. The van der Waals surface area contributed by atoms with Gasteiger partial charge >= 0.3 is 5.69 Å². The highest BCUT2D eigenvalue weighted by Gasteiger charge is 2.39. The Hall–Kier alpha value is -2.39. The number of carbonyl (C=O) groups is 1. The number of aliphatic hydroxyl groups is 2. The van der Waals surface area contributed by atoms with E-state index in [0.29, 0.717) is 0 Å². The molecule has 9 heteroatoms. The van der Waals surface area contributed by atoms with Gasteiger partial charge in [0.2, 0.25) is 5.88 Å². The molecule has 9 nitrogen and oxygen atoms in total. The van der Waals surface area contributed by atoms with E-state index in [1.807, 2.05) is 0 Å². The number of hydrogen-bond acceptors (Lipinski definition) is 7. The van der Waals surface area contributed by atoms with Gasteiger partial charge in [0.15, 0.2) is 6.10 Å². The van der Waals surface area contributed by atoms with Gasteiger partial charge in [-0.3, -0.25) is 4.79 Å². The van der Waals surface area contributed by atoms with E-state index in [4.69, 9.17) is 21.3 Å². The molecule has 2 heterocycles. The maximum Gasteiger partial charge on any atom is 0.356 e. The predicted molar refractivity (Wildman–Crippen MR) is 63.3 cm³/mol. The van der Waals surface area contributed by atoms with Crippen molar-refractivity contribution in [1.82, 2.24) is 9.55 Å². The molecular formula is C10H12N4O5. The van der Waals surface area contributed by atoms with Gasteiger partial charge in [0.05, 0.1) is 6.61 Å². The second kappa shape index (κ2) is 4.71. The molecule has 2 atom stereocenters. The SMILES string of the molecule is NC(=O)C1=C(n2ccc(N)nc2=O)O[C@H](CO)[C@H]1O. The highest BCUT2D eigenvalue weighted by Crippen LogP contribution is 2.27. The minimum atomic E-state index is -1.41. The topological polar surface area (TPSA) is 154 Å². The first kappa shape index (κ1) is 13.1. The Morgan fingerprint density at radius 1 is 1.58 bits per heavy atom. The van der Waals surface area contributed by atoms with Crippen LogP contribution in [-0.2, 0) is 9.53 Å². The Labute approximate surface area is 106 Å². The smallest absolute Gasteiger partial charge is 0.356 e. The summed E-state index contributed by atoms with van der Waals surface area (Å²) >= 11 is 0. The highest BCUT2D eigenvalue weighted by molar-refractivity contribution is 5.98. The molecule has 0 fully saturated rings. The lowest BCUT2D eigenvalue weighted by molar-refractivity contribution is -0.115. The summed E-state index contributed by atoms with van der Waals surface area (Å²) in [6.07, 6.45) is -1.25. The van der Waals surface area contributed by atoms with Gasteiger partial charge in [0.1, 0.15) is 17.5 Å². The minimum Gasteiger partial charge on any atom is -0.469 e. The third kappa shape index (κ3) is 2.16. The normalized spacial score (nSPS) is 22.4. The van der Waals surface area contributed by atoms with Gasteiger partial charge in [-0.05, 0) is 6.07 Å². The van der Waals surface area contributed by atoms with Crippen LogP contribution in [0.2, 0.25) is 0 Å². The third-order valence-electron chi connectivity index (χ3n) is 2.63. The molecule has 0 saturated carbocycles. The summed E-state index contributed by atoms with van der Waals surface area (Å²) < 4.78 is 6.05. The summed E-state index contributed by atoms with van der Waals surface area (Å²) in [5.41, 5.74) is 9.38. The van der Waals surface area contributed by atoms with Gasteiger partial charge in [-0.15, -0.1) is 0 Å². The standard InChI is InChI=1S/C10H12N4O5/c11-5-1-2-14(10(18)13-5)9-6(8(12)17)7(16)4(3-15)19-9/h1-2,4,7,15-16H,3H2,(H2,12,17)(H2,11,13,18)/t4-,7-/m1/s1. The molecule has 6 N–H and O–H groups in total. The van der Waals surface area contributed by atoms with Crippen molar-refractivity contribution in [2.75, 3.05) is 12.3 Å². The average molecular weight is 268 g/mol. The van der Waals surface area contributed by atoms with Crippen molar-refractivity contribution in [2.24, 2.45) is 5.73 Å². The Bertz CT molecular complexity index is 608. The van der Waals surface area contributed by atoms with Crippen molar-refractivity contribution in [1.29, 1.82) is 0 Å². The molecule has 2 rings (SSSR count). The van der Waals surface area contributed by atoms with Crippen LogP contribution in [0.5, 0.6) is 0 Å². The lowest BCUT2D eigenvalue weighted by Crippen LogP contribution is -2.32. The Morgan fingerprint density at radius 3 is 2.79 bits per heavy atom. The predicted octanol–water partition coefficient (Wildman–Crippen LogP) is -2.77. The van der Waals surface area contributed by atoms with Crippen LogP contribution in [0.25, 0.3) is 5.88 Å². The molecule has 0 aromatic carbocycles. The number of amides is 1. The summed E-state index contributed by atoms with van der Waals surface area (Å²) in [4.78, 5) is 26.4. The Balaban J connectivity index is 2.57. The van der Waals surface area contributed by atoms with Crippen LogP contribution in [0, 0.1) is 0 Å². The summed E-state index contributed by atoms with van der Waals surface area (Å²) in [5.74, 6) is -1.21. The number of nitrogens with zero attached hydrogens (tertiary/aromatic N) is 2. The zero-order chi connectivity index (χ0) is 14.2. The molecule has 0 bridgehead atoms. The number of aromatic nitrogens is 2. The zero-order valence-corrected chi connectivity index (χ0v) is 9.68. The van der Waals surface area contributed by atoms with Crippen molar-refractivity contribution in [3.63, 3.8) is 0 Å². The molecule has 0 saturated heterocycles. The van der Waals surface area contributed by atoms with E-state index in [9.17, 15) is 14.7 Å². The molecule has 0 spiro atoms.